The molecule has 2 amide bonds. The smallest absolute Gasteiger partial charge is 0.257 e. The topological polar surface area (TPSA) is 69.6 Å². The van der Waals surface area contributed by atoms with Gasteiger partial charge in [-0.1, -0.05) is 0 Å². The summed E-state index contributed by atoms with van der Waals surface area (Å²) in [6.07, 6.45) is 0.210. The zero-order chi connectivity index (χ0) is 13.1. The van der Waals surface area contributed by atoms with Crippen molar-refractivity contribution >= 4 is 11.8 Å². The van der Waals surface area contributed by atoms with Crippen LogP contribution in [-0.2, 0) is 4.79 Å². The van der Waals surface area contributed by atoms with E-state index in [-0.39, 0.29) is 30.2 Å². The highest BCUT2D eigenvalue weighted by Crippen LogP contribution is 2.20. The normalized spacial score (nSPS) is 16.1. The number of halogens is 1. The lowest BCUT2D eigenvalue weighted by atomic mass is 10.1. The van der Waals surface area contributed by atoms with Crippen LogP contribution in [-0.4, -0.2) is 41.5 Å². The van der Waals surface area contributed by atoms with Gasteiger partial charge in [-0.05, 0) is 18.2 Å². The Labute approximate surface area is 103 Å². The second-order valence-electron chi connectivity index (χ2n) is 4.05. The highest BCUT2D eigenvalue weighted by atomic mass is 19.1. The minimum atomic E-state index is -0.583. The van der Waals surface area contributed by atoms with Gasteiger partial charge in [0.05, 0.1) is 5.56 Å². The van der Waals surface area contributed by atoms with E-state index < -0.39 is 11.7 Å². The second kappa shape index (κ2) is 5.03. The van der Waals surface area contributed by atoms with Crippen LogP contribution in [0.1, 0.15) is 16.8 Å². The summed E-state index contributed by atoms with van der Waals surface area (Å²) in [5.41, 5.74) is -0.0793. The molecule has 0 aliphatic carbocycles. The molecule has 0 saturated carbocycles. The largest absolute Gasteiger partial charge is 0.507 e. The molecule has 0 unspecified atom stereocenters. The Morgan fingerprint density at radius 3 is 2.94 bits per heavy atom. The standard InChI is InChI=1S/C12H13FN2O3/c13-8-1-2-10(16)9(7-8)12(18)15-5-3-11(17)14-4-6-15/h1-2,7,16H,3-6H2,(H,14,17). The van der Waals surface area contributed by atoms with Crippen molar-refractivity contribution in [2.24, 2.45) is 0 Å². The molecule has 1 aliphatic heterocycles. The van der Waals surface area contributed by atoms with Crippen LogP contribution in [0.3, 0.4) is 0 Å². The zero-order valence-corrected chi connectivity index (χ0v) is 9.65. The van der Waals surface area contributed by atoms with Crippen molar-refractivity contribution in [3.8, 4) is 5.75 Å². The number of carbonyl (C=O) groups is 2. The molecule has 0 bridgehead atoms. The molecule has 0 aromatic heterocycles. The summed E-state index contributed by atoms with van der Waals surface area (Å²) in [5, 5.41) is 12.2. The van der Waals surface area contributed by atoms with Crippen LogP contribution in [0.4, 0.5) is 4.39 Å². The Kier molecular flexibility index (Phi) is 3.45. The molecule has 2 N–H and O–H groups in total. The number of hydrogen-bond acceptors (Lipinski definition) is 3. The first kappa shape index (κ1) is 12.3. The molecule has 1 aromatic rings. The van der Waals surface area contributed by atoms with Crippen LogP contribution in [0.25, 0.3) is 0 Å². The van der Waals surface area contributed by atoms with Crippen LogP contribution in [0.5, 0.6) is 5.75 Å². The lowest BCUT2D eigenvalue weighted by Gasteiger charge is -2.19. The molecule has 0 radical (unpaired) electrons. The summed E-state index contributed by atoms with van der Waals surface area (Å²) in [6.45, 7) is 0.974. The first-order valence-electron chi connectivity index (χ1n) is 5.62. The van der Waals surface area contributed by atoms with E-state index in [1.807, 2.05) is 0 Å². The maximum absolute atomic E-state index is 13.1. The van der Waals surface area contributed by atoms with Gasteiger partial charge in [0, 0.05) is 26.1 Å². The number of amides is 2. The quantitative estimate of drug-likeness (QED) is 0.764. The number of hydrogen-bond donors (Lipinski definition) is 2. The number of aromatic hydroxyl groups is 1. The predicted octanol–water partition coefficient (Wildman–Crippen LogP) is 0.493. The molecule has 1 saturated heterocycles. The Balaban J connectivity index is 2.19. The Hall–Kier alpha value is -2.11. The van der Waals surface area contributed by atoms with Gasteiger partial charge in [-0.3, -0.25) is 9.59 Å². The van der Waals surface area contributed by atoms with Gasteiger partial charge in [0.25, 0.3) is 5.91 Å². The van der Waals surface area contributed by atoms with Crippen molar-refractivity contribution in [1.29, 1.82) is 0 Å². The molecule has 18 heavy (non-hydrogen) atoms. The van der Waals surface area contributed by atoms with Crippen LogP contribution in [0.2, 0.25) is 0 Å². The molecule has 1 aromatic carbocycles. The number of phenols is 1. The number of carbonyl (C=O) groups excluding carboxylic acids is 2. The molecule has 0 spiro atoms. The minimum absolute atomic E-state index is 0.0793. The van der Waals surface area contributed by atoms with Crippen LogP contribution < -0.4 is 5.32 Å². The van der Waals surface area contributed by atoms with E-state index in [4.69, 9.17) is 0 Å². The van der Waals surface area contributed by atoms with Crippen LogP contribution in [0, 0.1) is 5.82 Å². The minimum Gasteiger partial charge on any atom is -0.507 e. The van der Waals surface area contributed by atoms with E-state index in [9.17, 15) is 19.1 Å². The first-order chi connectivity index (χ1) is 8.58. The summed E-state index contributed by atoms with van der Waals surface area (Å²) >= 11 is 0. The average Bonchev–Trinajstić information content (AvgIpc) is 2.56. The first-order valence-corrected chi connectivity index (χ1v) is 5.62. The van der Waals surface area contributed by atoms with Gasteiger partial charge in [0.1, 0.15) is 11.6 Å². The molecule has 0 atom stereocenters. The van der Waals surface area contributed by atoms with Crippen molar-refractivity contribution in [2.75, 3.05) is 19.6 Å². The van der Waals surface area contributed by atoms with Gasteiger partial charge in [-0.15, -0.1) is 0 Å². The van der Waals surface area contributed by atoms with E-state index >= 15 is 0 Å². The highest BCUT2D eigenvalue weighted by molar-refractivity contribution is 5.97. The molecule has 2 rings (SSSR count). The molecule has 1 heterocycles. The summed E-state index contributed by atoms with van der Waals surface area (Å²) in [4.78, 5) is 24.7. The number of nitrogens with one attached hydrogen (secondary N) is 1. The maximum atomic E-state index is 13.1. The average molecular weight is 252 g/mol. The molecular weight excluding hydrogens is 239 g/mol. The maximum Gasteiger partial charge on any atom is 0.257 e. The number of rotatable bonds is 1. The molecule has 6 heteroatoms. The van der Waals surface area contributed by atoms with Gasteiger partial charge in [0.15, 0.2) is 0 Å². The van der Waals surface area contributed by atoms with Crippen molar-refractivity contribution in [2.45, 2.75) is 6.42 Å². The molecular formula is C12H13FN2O3. The summed E-state index contributed by atoms with van der Waals surface area (Å²) in [7, 11) is 0. The van der Waals surface area contributed by atoms with Gasteiger partial charge in [0.2, 0.25) is 5.91 Å². The van der Waals surface area contributed by atoms with Crippen LogP contribution in [0.15, 0.2) is 18.2 Å². The van der Waals surface area contributed by atoms with Gasteiger partial charge >= 0.3 is 0 Å². The Morgan fingerprint density at radius 2 is 2.17 bits per heavy atom. The van der Waals surface area contributed by atoms with Crippen molar-refractivity contribution < 1.29 is 19.1 Å². The van der Waals surface area contributed by atoms with Crippen molar-refractivity contribution in [3.05, 3.63) is 29.6 Å². The van der Waals surface area contributed by atoms with Crippen molar-refractivity contribution in [3.63, 3.8) is 0 Å². The van der Waals surface area contributed by atoms with E-state index in [1.165, 1.54) is 4.90 Å². The lowest BCUT2D eigenvalue weighted by molar-refractivity contribution is -0.120. The summed E-state index contributed by atoms with van der Waals surface area (Å²) in [5.74, 6) is -1.43. The molecule has 5 nitrogen and oxygen atoms in total. The van der Waals surface area contributed by atoms with E-state index in [1.54, 1.807) is 0 Å². The summed E-state index contributed by atoms with van der Waals surface area (Å²) < 4.78 is 13.1. The third kappa shape index (κ3) is 2.58. The number of benzene rings is 1. The number of nitrogens with zero attached hydrogens (tertiary/aromatic N) is 1. The van der Waals surface area contributed by atoms with E-state index in [0.29, 0.717) is 13.1 Å². The Morgan fingerprint density at radius 1 is 1.39 bits per heavy atom. The molecule has 1 aliphatic rings. The molecule has 96 valence electrons. The highest BCUT2D eigenvalue weighted by Gasteiger charge is 2.22. The van der Waals surface area contributed by atoms with Crippen LogP contribution >= 0.6 is 0 Å². The SMILES string of the molecule is O=C1CCN(C(=O)c2cc(F)ccc2O)CCN1. The van der Waals surface area contributed by atoms with Gasteiger partial charge in [-0.25, -0.2) is 4.39 Å². The van der Waals surface area contributed by atoms with E-state index in [0.717, 1.165) is 18.2 Å². The second-order valence-corrected chi connectivity index (χ2v) is 4.05. The fourth-order valence-corrected chi connectivity index (χ4v) is 1.82. The predicted molar refractivity (Wildman–Crippen MR) is 61.6 cm³/mol. The number of phenolic OH excluding ortho intramolecular Hbond substituents is 1. The van der Waals surface area contributed by atoms with E-state index in [2.05, 4.69) is 5.32 Å². The molecule has 1 fully saturated rings. The van der Waals surface area contributed by atoms with Gasteiger partial charge in [-0.2, -0.15) is 0 Å². The third-order valence-electron chi connectivity index (χ3n) is 2.79. The van der Waals surface area contributed by atoms with Crippen molar-refractivity contribution in [1.82, 2.24) is 10.2 Å². The monoisotopic (exact) mass is 252 g/mol. The Bertz CT molecular complexity index is 490. The fraction of sp³-hybridized carbons (Fsp3) is 0.333. The third-order valence-corrected chi connectivity index (χ3v) is 2.79. The zero-order valence-electron chi connectivity index (χ0n) is 9.65. The van der Waals surface area contributed by atoms with Gasteiger partial charge < -0.3 is 15.3 Å². The fourth-order valence-electron chi connectivity index (χ4n) is 1.82. The summed E-state index contributed by atoms with van der Waals surface area (Å²) in [6, 6.07) is 3.22. The lowest BCUT2D eigenvalue weighted by Crippen LogP contribution is -2.34.